The van der Waals surface area contributed by atoms with Crippen LogP contribution in [0.2, 0.25) is 0 Å². The van der Waals surface area contributed by atoms with Gasteiger partial charge in [-0.05, 0) is 72.4 Å². The minimum absolute atomic E-state index is 0.146. The summed E-state index contributed by atoms with van der Waals surface area (Å²) in [6, 6.07) is 12.9. The summed E-state index contributed by atoms with van der Waals surface area (Å²) in [5.74, 6) is 0.597. The van der Waals surface area contributed by atoms with Gasteiger partial charge in [-0.15, -0.1) is 0 Å². The van der Waals surface area contributed by atoms with E-state index >= 15 is 0 Å². The quantitative estimate of drug-likeness (QED) is 0.438. The van der Waals surface area contributed by atoms with Crippen molar-refractivity contribution in [2.24, 2.45) is 5.41 Å². The normalized spacial score (nSPS) is 17.4. The van der Waals surface area contributed by atoms with E-state index in [0.717, 1.165) is 47.0 Å². The van der Waals surface area contributed by atoms with Crippen LogP contribution in [0.3, 0.4) is 0 Å². The van der Waals surface area contributed by atoms with Crippen LogP contribution in [0.25, 0.3) is 0 Å². The second kappa shape index (κ2) is 10.8. The second-order valence-electron chi connectivity index (χ2n) is 10.7. The average Bonchev–Trinajstić information content (AvgIpc) is 3.11. The van der Waals surface area contributed by atoms with Gasteiger partial charge in [0.15, 0.2) is 0 Å². The van der Waals surface area contributed by atoms with Crippen LogP contribution in [-0.2, 0) is 16.6 Å². The lowest BCUT2D eigenvalue weighted by Crippen LogP contribution is -2.32. The number of carbonyl (C=O) groups is 2. The highest BCUT2D eigenvalue weighted by molar-refractivity contribution is 8.15. The summed E-state index contributed by atoms with van der Waals surface area (Å²) < 4.78 is 5.97. The van der Waals surface area contributed by atoms with Crippen LogP contribution in [0.1, 0.15) is 75.3 Å². The third-order valence-corrected chi connectivity index (χ3v) is 8.38. The first kappa shape index (κ1) is 27.3. The van der Waals surface area contributed by atoms with Crippen molar-refractivity contribution in [3.05, 3.63) is 64.2 Å². The Morgan fingerprint density at radius 2 is 1.60 bits per heavy atom. The predicted octanol–water partition coefficient (Wildman–Crippen LogP) is 6.09. The van der Waals surface area contributed by atoms with Gasteiger partial charge in [0.2, 0.25) is 5.91 Å². The predicted molar refractivity (Wildman–Crippen MR) is 143 cm³/mol. The zero-order chi connectivity index (χ0) is 26.0. The zero-order valence-corrected chi connectivity index (χ0v) is 22.8. The van der Waals surface area contributed by atoms with Gasteiger partial charge in [0, 0.05) is 5.41 Å². The highest BCUT2D eigenvalue weighted by Gasteiger charge is 2.34. The molecule has 0 radical (unpaired) electrons. The Labute approximate surface area is 214 Å². The zero-order valence-electron chi connectivity index (χ0n) is 22.0. The molecule has 0 aliphatic carbocycles. The molecule has 0 spiro atoms. The Kier molecular flexibility index (Phi) is 8.38. The number of amides is 2. The van der Waals surface area contributed by atoms with Crippen molar-refractivity contribution >= 4 is 22.9 Å². The maximum absolute atomic E-state index is 12.0. The standard InChI is InChI=1S/C29H39NO4S/c1-8-29(9-2,22-12-13-23(19(4)15-22)34-17-25(31)28(5,6)7)21-11-10-20(18(3)14-21)16-24-26(32)30-27(33)35-24/h10-15,24-25,31H,8-9,16-17H2,1-7H3,(H,30,32,33). The lowest BCUT2D eigenvalue weighted by Gasteiger charge is -2.34. The molecule has 1 saturated heterocycles. The summed E-state index contributed by atoms with van der Waals surface area (Å²) >= 11 is 1.08. The van der Waals surface area contributed by atoms with Crippen LogP contribution in [0, 0.1) is 19.3 Å². The van der Waals surface area contributed by atoms with E-state index in [1.54, 1.807) is 0 Å². The summed E-state index contributed by atoms with van der Waals surface area (Å²) in [6.45, 7) is 14.8. The summed E-state index contributed by atoms with van der Waals surface area (Å²) in [7, 11) is 0. The topological polar surface area (TPSA) is 75.6 Å². The smallest absolute Gasteiger partial charge is 0.286 e. The number of carbonyl (C=O) groups excluding carboxylic acids is 2. The van der Waals surface area contributed by atoms with Gasteiger partial charge in [0.25, 0.3) is 5.24 Å². The molecule has 2 atom stereocenters. The molecule has 2 amide bonds. The molecule has 1 aliphatic heterocycles. The molecule has 2 aromatic rings. The lowest BCUT2D eigenvalue weighted by atomic mass is 9.69. The van der Waals surface area contributed by atoms with E-state index in [0.29, 0.717) is 6.42 Å². The number of benzene rings is 2. The van der Waals surface area contributed by atoms with Gasteiger partial charge >= 0.3 is 0 Å². The summed E-state index contributed by atoms with van der Waals surface area (Å²) in [4.78, 5) is 23.6. The molecule has 6 heteroatoms. The second-order valence-corrected chi connectivity index (χ2v) is 11.9. The highest BCUT2D eigenvalue weighted by Crippen LogP contribution is 2.41. The van der Waals surface area contributed by atoms with Gasteiger partial charge in [-0.1, -0.05) is 76.7 Å². The molecule has 190 valence electrons. The van der Waals surface area contributed by atoms with Crippen LogP contribution in [-0.4, -0.2) is 34.2 Å². The Hall–Kier alpha value is -2.31. The van der Waals surface area contributed by atoms with Crippen molar-refractivity contribution in [1.82, 2.24) is 5.32 Å². The van der Waals surface area contributed by atoms with Crippen molar-refractivity contribution in [3.63, 3.8) is 0 Å². The third kappa shape index (κ3) is 5.92. The fourth-order valence-electron chi connectivity index (χ4n) is 4.71. The highest BCUT2D eigenvalue weighted by atomic mass is 32.2. The molecule has 5 nitrogen and oxygen atoms in total. The molecule has 0 bridgehead atoms. The lowest BCUT2D eigenvalue weighted by molar-refractivity contribution is -0.118. The number of aryl methyl sites for hydroxylation is 2. The molecule has 1 heterocycles. The summed E-state index contributed by atoms with van der Waals surface area (Å²) in [5, 5.41) is 12.1. The molecular weight excluding hydrogens is 458 g/mol. The number of rotatable bonds is 9. The minimum atomic E-state index is -0.541. The van der Waals surface area contributed by atoms with Crippen LogP contribution < -0.4 is 10.1 Å². The maximum Gasteiger partial charge on any atom is 0.286 e. The number of ether oxygens (including phenoxy) is 1. The first-order valence-corrected chi connectivity index (χ1v) is 13.3. The fourth-order valence-corrected chi connectivity index (χ4v) is 5.56. The van der Waals surface area contributed by atoms with Crippen LogP contribution >= 0.6 is 11.8 Å². The van der Waals surface area contributed by atoms with Gasteiger partial charge < -0.3 is 9.84 Å². The number of imide groups is 1. The first-order chi connectivity index (χ1) is 16.4. The SMILES string of the molecule is CCC(CC)(c1ccc(CC2SC(=O)NC2=O)c(C)c1)c1ccc(OCC(O)C(C)(C)C)c(C)c1. The number of nitrogens with one attached hydrogen (secondary N) is 1. The average molecular weight is 498 g/mol. The molecule has 1 aliphatic rings. The van der Waals surface area contributed by atoms with Gasteiger partial charge in [0.1, 0.15) is 12.4 Å². The van der Waals surface area contributed by atoms with E-state index in [2.05, 4.69) is 63.3 Å². The van der Waals surface area contributed by atoms with Crippen molar-refractivity contribution in [1.29, 1.82) is 0 Å². The largest absolute Gasteiger partial charge is 0.491 e. The molecule has 0 aromatic heterocycles. The van der Waals surface area contributed by atoms with Gasteiger partial charge in [-0.3, -0.25) is 14.9 Å². The molecule has 0 saturated carbocycles. The fraction of sp³-hybridized carbons (Fsp3) is 0.517. The Morgan fingerprint density at radius 3 is 2.09 bits per heavy atom. The van der Waals surface area contributed by atoms with E-state index in [1.807, 2.05) is 26.8 Å². The minimum Gasteiger partial charge on any atom is -0.491 e. The Balaban J connectivity index is 1.86. The number of hydrogen-bond acceptors (Lipinski definition) is 5. The molecule has 3 rings (SSSR count). The number of aliphatic hydroxyl groups excluding tert-OH is 1. The molecule has 2 unspecified atom stereocenters. The third-order valence-electron chi connectivity index (χ3n) is 7.40. The van der Waals surface area contributed by atoms with E-state index in [-0.39, 0.29) is 33.8 Å². The Morgan fingerprint density at radius 1 is 1.00 bits per heavy atom. The van der Waals surface area contributed by atoms with Crippen molar-refractivity contribution in [2.75, 3.05) is 6.61 Å². The maximum atomic E-state index is 12.0. The van der Waals surface area contributed by atoms with Crippen LogP contribution in [0.4, 0.5) is 4.79 Å². The monoisotopic (exact) mass is 497 g/mol. The van der Waals surface area contributed by atoms with Gasteiger partial charge in [-0.25, -0.2) is 0 Å². The van der Waals surface area contributed by atoms with Crippen molar-refractivity contribution < 1.29 is 19.4 Å². The van der Waals surface area contributed by atoms with E-state index in [9.17, 15) is 14.7 Å². The van der Waals surface area contributed by atoms with Gasteiger partial charge in [0.05, 0.1) is 11.4 Å². The number of thioether (sulfide) groups is 1. The molecule has 2 aromatic carbocycles. The number of hydrogen-bond donors (Lipinski definition) is 2. The number of aliphatic hydroxyl groups is 1. The summed E-state index contributed by atoms with van der Waals surface area (Å²) in [6.07, 6.45) is 1.89. The van der Waals surface area contributed by atoms with E-state index in [1.165, 1.54) is 11.1 Å². The van der Waals surface area contributed by atoms with Crippen LogP contribution in [0.15, 0.2) is 36.4 Å². The first-order valence-electron chi connectivity index (χ1n) is 12.4. The summed E-state index contributed by atoms with van der Waals surface area (Å²) in [5.41, 5.74) is 5.40. The molecular formula is C29H39NO4S. The van der Waals surface area contributed by atoms with Crippen molar-refractivity contribution in [3.8, 4) is 5.75 Å². The Bertz CT molecular complexity index is 1080. The van der Waals surface area contributed by atoms with Crippen molar-refractivity contribution in [2.45, 2.75) is 84.5 Å². The van der Waals surface area contributed by atoms with Crippen LogP contribution in [0.5, 0.6) is 5.75 Å². The molecule has 35 heavy (non-hydrogen) atoms. The molecule has 1 fully saturated rings. The van der Waals surface area contributed by atoms with E-state index < -0.39 is 6.10 Å². The van der Waals surface area contributed by atoms with Gasteiger partial charge in [-0.2, -0.15) is 0 Å². The molecule has 2 N–H and O–H groups in total. The van der Waals surface area contributed by atoms with E-state index in [4.69, 9.17) is 4.74 Å².